The van der Waals surface area contributed by atoms with Crippen LogP contribution in [0.15, 0.2) is 30.3 Å². The number of rotatable bonds is 5. The maximum absolute atomic E-state index is 13.6. The molecular formula is C26H26F9N3O3. The van der Waals surface area contributed by atoms with Crippen LogP contribution in [0.3, 0.4) is 0 Å². The van der Waals surface area contributed by atoms with Gasteiger partial charge in [-0.3, -0.25) is 9.69 Å². The number of alkyl halides is 9. The predicted molar refractivity (Wildman–Crippen MR) is 127 cm³/mol. The summed E-state index contributed by atoms with van der Waals surface area (Å²) < 4.78 is 127. The SMILES string of the molecule is CC[C@H]1C[C@@H](N(Cc2cc(C(F)(F)F)cc(C(F)(F)F)c2)C(C)=O)c2nc(C(F)(F)F)ccc2N1C(=O)OC(C)C. The first-order valence-corrected chi connectivity index (χ1v) is 12.4. The zero-order valence-electron chi connectivity index (χ0n) is 22.2. The van der Waals surface area contributed by atoms with Gasteiger partial charge in [-0.15, -0.1) is 0 Å². The van der Waals surface area contributed by atoms with E-state index in [0.29, 0.717) is 18.2 Å². The number of carbonyl (C=O) groups excluding carboxylic acids is 2. The zero-order chi connectivity index (χ0) is 31.1. The van der Waals surface area contributed by atoms with Crippen molar-refractivity contribution in [1.29, 1.82) is 0 Å². The summed E-state index contributed by atoms with van der Waals surface area (Å²) >= 11 is 0. The fourth-order valence-corrected chi connectivity index (χ4v) is 4.62. The summed E-state index contributed by atoms with van der Waals surface area (Å²) in [5.41, 5.74) is -5.66. The van der Waals surface area contributed by atoms with Crippen LogP contribution < -0.4 is 4.90 Å². The molecule has 0 fully saturated rings. The van der Waals surface area contributed by atoms with Crippen LogP contribution in [0.2, 0.25) is 0 Å². The van der Waals surface area contributed by atoms with E-state index < -0.39 is 83.3 Å². The molecule has 6 nitrogen and oxygen atoms in total. The minimum atomic E-state index is -5.15. The van der Waals surface area contributed by atoms with Gasteiger partial charge in [-0.05, 0) is 62.6 Å². The monoisotopic (exact) mass is 599 g/mol. The highest BCUT2D eigenvalue weighted by molar-refractivity contribution is 5.90. The first-order valence-electron chi connectivity index (χ1n) is 12.4. The highest BCUT2D eigenvalue weighted by atomic mass is 19.4. The Bertz CT molecular complexity index is 1260. The molecule has 3 rings (SSSR count). The molecule has 1 aromatic heterocycles. The minimum absolute atomic E-state index is 0.0694. The van der Waals surface area contributed by atoms with Crippen LogP contribution in [0.25, 0.3) is 0 Å². The Morgan fingerprint density at radius 1 is 0.976 bits per heavy atom. The molecule has 1 aliphatic heterocycles. The minimum Gasteiger partial charge on any atom is -0.446 e. The van der Waals surface area contributed by atoms with E-state index in [-0.39, 0.29) is 24.6 Å². The highest BCUT2D eigenvalue weighted by Crippen LogP contribution is 2.44. The van der Waals surface area contributed by atoms with Crippen LogP contribution in [-0.4, -0.2) is 34.0 Å². The predicted octanol–water partition coefficient (Wildman–Crippen LogP) is 7.76. The number of ether oxygens (including phenoxy) is 1. The lowest BCUT2D eigenvalue weighted by atomic mass is 9.91. The second kappa shape index (κ2) is 11.4. The highest BCUT2D eigenvalue weighted by Gasteiger charge is 2.43. The molecule has 0 radical (unpaired) electrons. The van der Waals surface area contributed by atoms with E-state index in [0.717, 1.165) is 22.8 Å². The van der Waals surface area contributed by atoms with E-state index in [1.165, 1.54) is 0 Å². The van der Waals surface area contributed by atoms with Gasteiger partial charge in [0.1, 0.15) is 5.69 Å². The van der Waals surface area contributed by atoms with Gasteiger partial charge in [0.2, 0.25) is 5.91 Å². The first-order chi connectivity index (χ1) is 18.7. The maximum atomic E-state index is 13.6. The van der Waals surface area contributed by atoms with E-state index in [1.807, 2.05) is 0 Å². The summed E-state index contributed by atoms with van der Waals surface area (Å²) in [7, 11) is 0. The third kappa shape index (κ3) is 7.22. The second-order valence-corrected chi connectivity index (χ2v) is 9.78. The molecule has 15 heteroatoms. The van der Waals surface area contributed by atoms with Gasteiger partial charge in [0.15, 0.2) is 0 Å². The third-order valence-corrected chi connectivity index (χ3v) is 6.41. The number of nitrogens with zero attached hydrogens (tertiary/aromatic N) is 3. The number of carbonyl (C=O) groups is 2. The van der Waals surface area contributed by atoms with Crippen molar-refractivity contribution in [3.63, 3.8) is 0 Å². The van der Waals surface area contributed by atoms with Gasteiger partial charge in [-0.25, -0.2) is 9.78 Å². The van der Waals surface area contributed by atoms with Crippen molar-refractivity contribution in [3.05, 3.63) is 58.4 Å². The third-order valence-electron chi connectivity index (χ3n) is 6.41. The number of hydrogen-bond acceptors (Lipinski definition) is 4. The summed E-state index contributed by atoms with van der Waals surface area (Å²) in [5.74, 6) is -0.848. The van der Waals surface area contributed by atoms with Crippen LogP contribution in [0.5, 0.6) is 0 Å². The Morgan fingerprint density at radius 3 is 1.98 bits per heavy atom. The molecule has 1 aliphatic rings. The fourth-order valence-electron chi connectivity index (χ4n) is 4.62. The van der Waals surface area contributed by atoms with Crippen LogP contribution in [0, 0.1) is 0 Å². The molecule has 2 amide bonds. The van der Waals surface area contributed by atoms with Gasteiger partial charge in [-0.1, -0.05) is 6.92 Å². The normalized spacial score (nSPS) is 17.9. The molecule has 0 aliphatic carbocycles. The van der Waals surface area contributed by atoms with Crippen molar-refractivity contribution in [2.24, 2.45) is 0 Å². The largest absolute Gasteiger partial charge is 0.446 e. The maximum Gasteiger partial charge on any atom is 0.433 e. The number of amides is 2. The molecular weight excluding hydrogens is 573 g/mol. The lowest BCUT2D eigenvalue weighted by Crippen LogP contribution is -2.49. The Labute approximate surface area is 229 Å². The van der Waals surface area contributed by atoms with E-state index >= 15 is 0 Å². The van der Waals surface area contributed by atoms with Gasteiger partial charge in [0.25, 0.3) is 0 Å². The molecule has 2 aromatic rings. The van der Waals surface area contributed by atoms with E-state index in [2.05, 4.69) is 4.98 Å². The molecule has 1 aromatic carbocycles. The van der Waals surface area contributed by atoms with Crippen molar-refractivity contribution < 1.29 is 53.8 Å². The molecule has 2 atom stereocenters. The average molecular weight is 599 g/mol. The quantitative estimate of drug-likeness (QED) is 0.330. The Morgan fingerprint density at radius 2 is 1.54 bits per heavy atom. The van der Waals surface area contributed by atoms with Gasteiger partial charge in [0, 0.05) is 19.5 Å². The smallest absolute Gasteiger partial charge is 0.433 e. The topological polar surface area (TPSA) is 62.7 Å². The zero-order valence-corrected chi connectivity index (χ0v) is 22.2. The van der Waals surface area contributed by atoms with Crippen molar-refractivity contribution in [2.45, 2.75) is 83.8 Å². The Balaban J connectivity index is 2.20. The number of aromatic nitrogens is 1. The molecule has 0 saturated carbocycles. The fraction of sp³-hybridized carbons (Fsp3) is 0.500. The molecule has 0 saturated heterocycles. The molecule has 41 heavy (non-hydrogen) atoms. The molecule has 0 N–H and O–H groups in total. The van der Waals surface area contributed by atoms with Crippen molar-refractivity contribution in [2.75, 3.05) is 4.90 Å². The number of pyridine rings is 1. The molecule has 226 valence electrons. The Kier molecular flexibility index (Phi) is 8.89. The number of anilines is 1. The standard InChI is InChI=1S/C26H26F9N3O3/c1-5-18-11-20(22-19(38(18)23(40)41-13(2)3)6-7-21(36-22)26(33,34)35)37(14(4)39)12-15-8-16(24(27,28)29)10-17(9-15)25(30,31)32/h6-10,13,18,20H,5,11-12H2,1-4H3/t18-,20+/m0/s1. The summed E-state index contributed by atoms with van der Waals surface area (Å²) in [6, 6.07) is 0.333. The summed E-state index contributed by atoms with van der Waals surface area (Å²) in [5, 5.41) is 0. The van der Waals surface area contributed by atoms with E-state index in [4.69, 9.17) is 4.74 Å². The van der Waals surface area contributed by atoms with Gasteiger partial charge in [-0.2, -0.15) is 39.5 Å². The van der Waals surface area contributed by atoms with Gasteiger partial charge in [0.05, 0.1) is 34.7 Å². The second-order valence-electron chi connectivity index (χ2n) is 9.78. The summed E-state index contributed by atoms with van der Waals surface area (Å²) in [6.07, 6.45) is -16.7. The number of hydrogen-bond donors (Lipinski definition) is 0. The number of benzene rings is 1. The van der Waals surface area contributed by atoms with Crippen LogP contribution in [-0.2, 0) is 34.6 Å². The molecule has 0 bridgehead atoms. The van der Waals surface area contributed by atoms with E-state index in [1.54, 1.807) is 20.8 Å². The van der Waals surface area contributed by atoms with Crippen LogP contribution >= 0.6 is 0 Å². The molecule has 2 heterocycles. The van der Waals surface area contributed by atoms with Crippen molar-refractivity contribution >= 4 is 17.7 Å². The van der Waals surface area contributed by atoms with Crippen molar-refractivity contribution in [3.8, 4) is 0 Å². The lowest BCUT2D eigenvalue weighted by molar-refractivity contribution is -0.143. The van der Waals surface area contributed by atoms with Gasteiger partial charge < -0.3 is 9.64 Å². The molecule has 0 unspecified atom stereocenters. The van der Waals surface area contributed by atoms with Crippen LogP contribution in [0.4, 0.5) is 50.0 Å². The van der Waals surface area contributed by atoms with E-state index in [9.17, 15) is 49.1 Å². The lowest BCUT2D eigenvalue weighted by Gasteiger charge is -2.43. The number of halogens is 9. The molecule has 0 spiro atoms. The first kappa shape index (κ1) is 32.0. The van der Waals surface area contributed by atoms with Crippen LogP contribution in [0.1, 0.15) is 74.7 Å². The van der Waals surface area contributed by atoms with Gasteiger partial charge >= 0.3 is 24.6 Å². The summed E-state index contributed by atoms with van der Waals surface area (Å²) in [6.45, 7) is 4.93. The Hall–Kier alpha value is -3.52. The summed E-state index contributed by atoms with van der Waals surface area (Å²) in [4.78, 5) is 31.4. The number of fused-ring (bicyclic) bond motifs is 1. The average Bonchev–Trinajstić information content (AvgIpc) is 2.83. The van der Waals surface area contributed by atoms with Crippen molar-refractivity contribution in [1.82, 2.24) is 9.88 Å².